The van der Waals surface area contributed by atoms with Crippen molar-refractivity contribution in [2.45, 2.75) is 59.7 Å². The van der Waals surface area contributed by atoms with E-state index in [0.717, 1.165) is 23.1 Å². The van der Waals surface area contributed by atoms with E-state index < -0.39 is 6.04 Å². The van der Waals surface area contributed by atoms with Crippen molar-refractivity contribution in [1.82, 2.24) is 10.2 Å². The van der Waals surface area contributed by atoms with Gasteiger partial charge in [0.05, 0.1) is 7.11 Å². The normalized spacial score (nSPS) is 12.6. The van der Waals surface area contributed by atoms with Crippen molar-refractivity contribution in [3.05, 3.63) is 59.2 Å². The van der Waals surface area contributed by atoms with Crippen LogP contribution in [0.15, 0.2) is 42.5 Å². The number of carbonyl (C=O) groups excluding carboxylic acids is 2. The maximum atomic E-state index is 13.1. The first-order valence-electron chi connectivity index (χ1n) is 10.7. The molecule has 1 N–H and O–H groups in total. The molecule has 2 atom stereocenters. The van der Waals surface area contributed by atoms with Gasteiger partial charge in [0, 0.05) is 12.6 Å². The number of hydrogen-bond donors (Lipinski definition) is 1. The van der Waals surface area contributed by atoms with Crippen molar-refractivity contribution in [3.63, 3.8) is 0 Å². The molecule has 31 heavy (non-hydrogen) atoms. The van der Waals surface area contributed by atoms with Gasteiger partial charge in [0.2, 0.25) is 5.91 Å². The summed E-state index contributed by atoms with van der Waals surface area (Å²) >= 11 is 0. The number of carbonyl (C=O) groups is 2. The summed E-state index contributed by atoms with van der Waals surface area (Å²) in [6.45, 7) is 9.80. The van der Waals surface area contributed by atoms with E-state index in [1.54, 1.807) is 18.9 Å². The Balaban J connectivity index is 2.19. The second-order valence-electron chi connectivity index (χ2n) is 7.98. The molecular weight excluding hydrogens is 392 g/mol. The molecule has 6 heteroatoms. The van der Waals surface area contributed by atoms with Crippen LogP contribution in [-0.4, -0.2) is 42.5 Å². The zero-order valence-electron chi connectivity index (χ0n) is 19.4. The van der Waals surface area contributed by atoms with Gasteiger partial charge in [0.25, 0.3) is 5.91 Å². The standard InChI is InChI=1S/C25H34N2O4/c1-7-19(4)26-25(29)20(5)27(15-21-9-8-10-22(14-21)30-6)24(28)16-31-23-12-17(2)11-18(3)13-23/h8-14,19-20H,7,15-16H2,1-6H3,(H,26,29)/t19-,20+/m1/s1. The Morgan fingerprint density at radius 3 is 2.32 bits per heavy atom. The molecule has 0 unspecified atom stereocenters. The lowest BCUT2D eigenvalue weighted by Gasteiger charge is -2.29. The van der Waals surface area contributed by atoms with Crippen LogP contribution >= 0.6 is 0 Å². The Labute approximate surface area is 185 Å². The third-order valence-corrected chi connectivity index (χ3v) is 5.21. The van der Waals surface area contributed by atoms with Gasteiger partial charge in [-0.05, 0) is 75.1 Å². The molecule has 0 aromatic heterocycles. The highest BCUT2D eigenvalue weighted by Gasteiger charge is 2.27. The van der Waals surface area contributed by atoms with E-state index in [9.17, 15) is 9.59 Å². The highest BCUT2D eigenvalue weighted by Crippen LogP contribution is 2.18. The Bertz CT molecular complexity index is 877. The molecule has 6 nitrogen and oxygen atoms in total. The molecule has 0 heterocycles. The van der Waals surface area contributed by atoms with E-state index >= 15 is 0 Å². The fraction of sp³-hybridized carbons (Fsp3) is 0.440. The number of nitrogens with zero attached hydrogens (tertiary/aromatic N) is 1. The van der Waals surface area contributed by atoms with Crippen LogP contribution in [0.5, 0.6) is 11.5 Å². The van der Waals surface area contributed by atoms with Gasteiger partial charge in [0.1, 0.15) is 17.5 Å². The first-order valence-corrected chi connectivity index (χ1v) is 10.7. The molecule has 0 aliphatic heterocycles. The third-order valence-electron chi connectivity index (χ3n) is 5.21. The smallest absolute Gasteiger partial charge is 0.261 e. The maximum absolute atomic E-state index is 13.1. The van der Waals surface area contributed by atoms with Crippen LogP contribution in [0, 0.1) is 13.8 Å². The third kappa shape index (κ3) is 7.31. The van der Waals surface area contributed by atoms with Crippen LogP contribution in [0.25, 0.3) is 0 Å². The number of aryl methyl sites for hydroxylation is 2. The van der Waals surface area contributed by atoms with Crippen LogP contribution in [0.2, 0.25) is 0 Å². The van der Waals surface area contributed by atoms with Crippen LogP contribution < -0.4 is 14.8 Å². The molecule has 0 fully saturated rings. The van der Waals surface area contributed by atoms with Crippen molar-refractivity contribution in [3.8, 4) is 11.5 Å². The fourth-order valence-corrected chi connectivity index (χ4v) is 3.26. The van der Waals surface area contributed by atoms with E-state index in [1.807, 2.05) is 70.2 Å². The Kier molecular flexibility index (Phi) is 8.91. The lowest BCUT2D eigenvalue weighted by atomic mass is 10.1. The minimum atomic E-state index is -0.643. The maximum Gasteiger partial charge on any atom is 0.261 e. The zero-order chi connectivity index (χ0) is 23.0. The van der Waals surface area contributed by atoms with Crippen LogP contribution in [-0.2, 0) is 16.1 Å². The van der Waals surface area contributed by atoms with Crippen LogP contribution in [0.3, 0.4) is 0 Å². The average Bonchev–Trinajstić information content (AvgIpc) is 2.74. The summed E-state index contributed by atoms with van der Waals surface area (Å²) in [5.41, 5.74) is 3.01. The molecule has 0 saturated heterocycles. The second-order valence-corrected chi connectivity index (χ2v) is 7.98. The van der Waals surface area contributed by atoms with E-state index in [-0.39, 0.29) is 31.0 Å². The largest absolute Gasteiger partial charge is 0.497 e. The van der Waals surface area contributed by atoms with Gasteiger partial charge in [-0.1, -0.05) is 25.1 Å². The van der Waals surface area contributed by atoms with Crippen molar-refractivity contribution in [1.29, 1.82) is 0 Å². The number of hydrogen-bond acceptors (Lipinski definition) is 4. The van der Waals surface area contributed by atoms with Crippen molar-refractivity contribution >= 4 is 11.8 Å². The molecule has 2 rings (SSSR count). The number of nitrogens with one attached hydrogen (secondary N) is 1. The molecule has 0 spiro atoms. The summed E-state index contributed by atoms with van der Waals surface area (Å²) in [7, 11) is 1.60. The summed E-state index contributed by atoms with van der Waals surface area (Å²) in [5.74, 6) is 0.905. The highest BCUT2D eigenvalue weighted by atomic mass is 16.5. The monoisotopic (exact) mass is 426 g/mol. The highest BCUT2D eigenvalue weighted by molar-refractivity contribution is 5.88. The van der Waals surface area contributed by atoms with Crippen LogP contribution in [0.4, 0.5) is 0 Å². The van der Waals surface area contributed by atoms with E-state index in [1.165, 1.54) is 0 Å². The predicted octanol–water partition coefficient (Wildman–Crippen LogP) is 4.02. The Morgan fingerprint density at radius 1 is 1.03 bits per heavy atom. The van der Waals surface area contributed by atoms with Gasteiger partial charge in [0.15, 0.2) is 6.61 Å². The summed E-state index contributed by atoms with van der Waals surface area (Å²) in [4.78, 5) is 27.5. The Hall–Kier alpha value is -3.02. The number of methoxy groups -OCH3 is 1. The van der Waals surface area contributed by atoms with E-state index in [2.05, 4.69) is 5.32 Å². The molecule has 0 bridgehead atoms. The molecule has 0 radical (unpaired) electrons. The molecule has 0 aliphatic rings. The molecule has 0 aliphatic carbocycles. The fourth-order valence-electron chi connectivity index (χ4n) is 3.26. The molecule has 2 aromatic rings. The number of ether oxygens (including phenoxy) is 2. The second kappa shape index (κ2) is 11.4. The first kappa shape index (κ1) is 24.3. The van der Waals surface area contributed by atoms with Crippen molar-refractivity contribution in [2.75, 3.05) is 13.7 Å². The average molecular weight is 427 g/mol. The van der Waals surface area contributed by atoms with Gasteiger partial charge in [-0.3, -0.25) is 9.59 Å². The number of benzene rings is 2. The van der Waals surface area contributed by atoms with Gasteiger partial charge >= 0.3 is 0 Å². The van der Waals surface area contributed by atoms with E-state index in [4.69, 9.17) is 9.47 Å². The lowest BCUT2D eigenvalue weighted by molar-refractivity contribution is -0.142. The lowest BCUT2D eigenvalue weighted by Crippen LogP contribution is -2.50. The number of rotatable bonds is 10. The predicted molar refractivity (Wildman–Crippen MR) is 122 cm³/mol. The molecule has 2 aromatic carbocycles. The van der Waals surface area contributed by atoms with Gasteiger partial charge < -0.3 is 19.7 Å². The van der Waals surface area contributed by atoms with Crippen LogP contribution in [0.1, 0.15) is 43.9 Å². The molecular formula is C25H34N2O4. The summed E-state index contributed by atoms with van der Waals surface area (Å²) < 4.78 is 11.1. The van der Waals surface area contributed by atoms with Crippen molar-refractivity contribution in [2.24, 2.45) is 0 Å². The zero-order valence-corrected chi connectivity index (χ0v) is 19.4. The minimum Gasteiger partial charge on any atom is -0.497 e. The number of amides is 2. The summed E-state index contributed by atoms with van der Waals surface area (Å²) in [6, 6.07) is 12.7. The van der Waals surface area contributed by atoms with E-state index in [0.29, 0.717) is 11.5 Å². The topological polar surface area (TPSA) is 67.9 Å². The van der Waals surface area contributed by atoms with Gasteiger partial charge in [-0.2, -0.15) is 0 Å². The SMILES string of the molecule is CC[C@@H](C)NC(=O)[C@H](C)N(Cc1cccc(OC)c1)C(=O)COc1cc(C)cc(C)c1. The minimum absolute atomic E-state index is 0.0373. The molecule has 0 saturated carbocycles. The summed E-state index contributed by atoms with van der Waals surface area (Å²) in [6.07, 6.45) is 0.818. The quantitative estimate of drug-likeness (QED) is 0.623. The molecule has 168 valence electrons. The van der Waals surface area contributed by atoms with Crippen molar-refractivity contribution < 1.29 is 19.1 Å². The van der Waals surface area contributed by atoms with Gasteiger partial charge in [-0.25, -0.2) is 0 Å². The van der Waals surface area contributed by atoms with Gasteiger partial charge in [-0.15, -0.1) is 0 Å². The Morgan fingerprint density at radius 2 is 1.71 bits per heavy atom. The first-order chi connectivity index (χ1) is 14.7. The molecule has 2 amide bonds. The summed E-state index contributed by atoms with van der Waals surface area (Å²) in [5, 5.41) is 2.96.